The van der Waals surface area contributed by atoms with Gasteiger partial charge < -0.3 is 18.2 Å². The van der Waals surface area contributed by atoms with E-state index >= 15 is 0 Å². The van der Waals surface area contributed by atoms with E-state index in [1.807, 2.05) is 0 Å². The van der Waals surface area contributed by atoms with Gasteiger partial charge in [0.05, 0.1) is 43.6 Å². The third-order valence-electron chi connectivity index (χ3n) is 16.1. The van der Waals surface area contributed by atoms with Gasteiger partial charge in [0.1, 0.15) is 0 Å². The molecule has 12 aromatic carbocycles. The van der Waals surface area contributed by atoms with E-state index in [2.05, 4.69) is 386 Å². The van der Waals surface area contributed by atoms with E-state index < -0.39 is 62.5 Å². The van der Waals surface area contributed by atoms with Gasteiger partial charge in [-0.3, -0.25) is 0 Å². The molecule has 120 heavy (non-hydrogen) atoms. The fourth-order valence-electron chi connectivity index (χ4n) is 10.3. The van der Waals surface area contributed by atoms with Crippen LogP contribution in [0, 0.1) is 55.4 Å². The highest BCUT2D eigenvalue weighted by molar-refractivity contribution is 7.98. The monoisotopic (exact) mass is 1820 g/mol. The maximum atomic E-state index is 10.7. The van der Waals surface area contributed by atoms with E-state index in [0.29, 0.717) is 0 Å². The van der Waals surface area contributed by atoms with Crippen molar-refractivity contribution in [3.8, 4) is 0 Å². The Labute approximate surface area is 705 Å². The summed E-state index contributed by atoms with van der Waals surface area (Å²) in [7, 11) is -24.5. The summed E-state index contributed by atoms with van der Waals surface area (Å²) in [5.41, 5.74) is -10.4. The first-order chi connectivity index (χ1) is 55.6. The van der Waals surface area contributed by atoms with Gasteiger partial charge in [0.25, 0.3) is 0 Å². The van der Waals surface area contributed by atoms with Crippen molar-refractivity contribution in [2.45, 2.75) is 162 Å². The van der Waals surface area contributed by atoms with Crippen molar-refractivity contribution in [2.24, 2.45) is 0 Å². The van der Waals surface area contributed by atoms with E-state index in [1.165, 1.54) is 109 Å². The highest BCUT2D eigenvalue weighted by Gasteiger charge is 2.40. The van der Waals surface area contributed by atoms with Crippen LogP contribution in [0.15, 0.2) is 368 Å². The number of alkyl halides is 12. The molecule has 12 aromatic rings. The second-order valence-electron chi connectivity index (χ2n) is 27.0. The molecule has 12 rings (SSSR count). The molecule has 0 atom stereocenters. The lowest BCUT2D eigenvalue weighted by atomic mass is 9.87. The second-order valence-corrected chi connectivity index (χ2v) is 40.5. The van der Waals surface area contributed by atoms with E-state index in [4.69, 9.17) is 51.9 Å². The predicted molar refractivity (Wildman–Crippen MR) is 446 cm³/mol. The molecule has 0 aliphatic carbocycles. The van der Waals surface area contributed by atoms with Crippen LogP contribution >= 0.6 is 0 Å². The van der Waals surface area contributed by atoms with Crippen molar-refractivity contribution in [3.05, 3.63) is 359 Å². The molecule has 0 saturated carbocycles. The van der Waals surface area contributed by atoms with Crippen LogP contribution in [-0.4, -0.2) is 73.9 Å². The first-order valence-electron chi connectivity index (χ1n) is 35.4. The van der Waals surface area contributed by atoms with Gasteiger partial charge in [-0.1, -0.05) is 230 Å². The van der Waals surface area contributed by atoms with Gasteiger partial charge in [0.2, 0.25) is 0 Å². The summed E-state index contributed by atoms with van der Waals surface area (Å²) in [6.07, 6.45) is 0. The number of rotatable bonds is 12. The lowest BCUT2D eigenvalue weighted by Crippen LogP contribution is -2.21. The number of benzene rings is 12. The molecule has 0 radical (unpaired) electrons. The van der Waals surface area contributed by atoms with Gasteiger partial charge in [0.15, 0.2) is 99.2 Å². The summed E-state index contributed by atoms with van der Waals surface area (Å²) in [6, 6.07) is 112. The standard InChI is InChI=1S/C22H23S.2C21H21S.C20H19S.4CHF3O3S/c1-22(2,3)18-14-16-21(17-15-18)23(19-10-6-4-7-11-19)20-12-8-5-9-13-20;1-16-4-10-19(11-5-16)22(20-12-6-17(2)7-13-20)21-14-8-18(3)9-15-21;1-16-14-17(2)21(18(3)15-16)22(19-10-6-4-7-11-19)20-12-8-5-9-13-20;1-16-8-12-19(13-9-16)21(18-6-4-3-5-7-18)20-14-10-17(2)11-15-20;4*2-1(3,4)8(5,6)7/h4-17H,1-3H3;2*4-15H,1-3H3;3-15H,1-2H3;4*(H,5,6,7)/q4*+1;;;;/p-4. The molecule has 0 aliphatic rings. The molecule has 0 bridgehead atoms. The summed E-state index contributed by atoms with van der Waals surface area (Å²) in [6.45, 7) is 24.1. The Bertz CT molecular complexity index is 5210. The third kappa shape index (κ3) is 32.7. The maximum Gasteiger partial charge on any atom is 0.485 e. The van der Waals surface area contributed by atoms with Crippen LogP contribution in [0.25, 0.3) is 0 Å². The molecule has 640 valence electrons. The molecule has 12 nitrogen and oxygen atoms in total. The van der Waals surface area contributed by atoms with Crippen molar-refractivity contribution < 1.29 is 105 Å². The fraction of sp³-hybridized carbons (Fsp3) is 0.182. The molecule has 0 N–H and O–H groups in total. The Morgan fingerprint density at radius 1 is 0.217 bits per heavy atom. The molecule has 0 aliphatic heterocycles. The zero-order chi connectivity index (χ0) is 90.0. The van der Waals surface area contributed by atoms with E-state index in [0.717, 1.165) is 0 Å². The molecule has 0 aromatic heterocycles. The average Bonchev–Trinajstić information content (AvgIpc) is 0.869. The summed E-state index contributed by atoms with van der Waals surface area (Å²) in [5, 5.41) is 0. The van der Waals surface area contributed by atoms with Gasteiger partial charge in [0, 0.05) is 11.1 Å². The van der Waals surface area contributed by atoms with E-state index in [1.54, 1.807) is 0 Å². The lowest BCUT2D eigenvalue weighted by Gasteiger charge is -2.19. The molecule has 0 fully saturated rings. The lowest BCUT2D eigenvalue weighted by molar-refractivity contribution is -0.0522. The maximum absolute atomic E-state index is 10.7. The van der Waals surface area contributed by atoms with Gasteiger partial charge >= 0.3 is 22.0 Å². The van der Waals surface area contributed by atoms with E-state index in [-0.39, 0.29) is 49.0 Å². The summed E-state index contributed by atoms with van der Waals surface area (Å²) < 4.78 is 236. The fourth-order valence-corrected chi connectivity index (χ4v) is 18.9. The topological polar surface area (TPSA) is 229 Å². The van der Waals surface area contributed by atoms with Gasteiger partial charge in [-0.15, -0.1) is 0 Å². The van der Waals surface area contributed by atoms with Crippen molar-refractivity contribution in [1.29, 1.82) is 0 Å². The molecular weight excluding hydrogens is 1730 g/mol. The van der Waals surface area contributed by atoms with Crippen LogP contribution in [0.2, 0.25) is 0 Å². The normalized spacial score (nSPS) is 11.9. The Balaban J connectivity index is 0.000000254. The molecule has 32 heteroatoms. The number of hydrogen-bond acceptors (Lipinski definition) is 12. The van der Waals surface area contributed by atoms with Gasteiger partial charge in [-0.25, -0.2) is 33.7 Å². The molecule has 0 saturated heterocycles. The SMILES string of the molecule is CC(C)(C)c1ccc([S+](c2ccccc2)c2ccccc2)cc1.Cc1cc(C)c([S+](c2ccccc2)c2ccccc2)c(C)c1.Cc1ccc([S+](c2ccc(C)cc2)c2ccc(C)cc2)cc1.Cc1ccc([S+](c2ccccc2)c2ccc(C)cc2)cc1.O=S(=O)([O-])C(F)(F)F.O=S(=O)([O-])C(F)(F)F.O=S(=O)([O-])C(F)(F)F.O=S(=O)([O-])C(F)(F)F. The van der Waals surface area contributed by atoms with Gasteiger partial charge in [-0.05, 0) is 200 Å². The molecule has 0 unspecified atom stereocenters. The summed E-state index contributed by atoms with van der Waals surface area (Å²) >= 11 is 0. The van der Waals surface area contributed by atoms with Crippen molar-refractivity contribution in [2.75, 3.05) is 0 Å². The minimum atomic E-state index is -6.09. The zero-order valence-electron chi connectivity index (χ0n) is 66.1. The largest absolute Gasteiger partial charge is 0.741 e. The quantitative estimate of drug-likeness (QED) is 0.0481. The second kappa shape index (κ2) is 44.6. The Morgan fingerprint density at radius 3 is 0.508 bits per heavy atom. The third-order valence-corrected chi connectivity index (χ3v) is 27.6. The minimum Gasteiger partial charge on any atom is -0.741 e. The van der Waals surface area contributed by atoms with Crippen LogP contribution < -0.4 is 0 Å². The molecule has 0 spiro atoms. The Kier molecular flexibility index (Phi) is 37.7. The van der Waals surface area contributed by atoms with Crippen molar-refractivity contribution >= 4 is 84.1 Å². The average molecular weight is 1820 g/mol. The molecule has 0 amide bonds. The minimum absolute atomic E-state index is 0.0312. The number of hydrogen-bond donors (Lipinski definition) is 0. The Morgan fingerprint density at radius 2 is 0.358 bits per heavy atom. The van der Waals surface area contributed by atoms with Crippen molar-refractivity contribution in [3.63, 3.8) is 0 Å². The summed E-state index contributed by atoms with van der Waals surface area (Å²) in [4.78, 5) is 16.5. The van der Waals surface area contributed by atoms with Crippen LogP contribution in [0.5, 0.6) is 0 Å². The van der Waals surface area contributed by atoms with Crippen LogP contribution in [0.1, 0.15) is 70.8 Å². The van der Waals surface area contributed by atoms with Crippen molar-refractivity contribution in [1.82, 2.24) is 0 Å². The van der Waals surface area contributed by atoms with E-state index in [9.17, 15) is 52.7 Å². The molecular formula is C88H84F12O12S8. The number of aryl methyl sites for hydroxylation is 8. The summed E-state index contributed by atoms with van der Waals surface area (Å²) in [5.74, 6) is 0. The first-order valence-corrected chi connectivity index (χ1v) is 46.0. The number of halogens is 12. The molecule has 0 heterocycles. The van der Waals surface area contributed by atoms with Crippen LogP contribution in [0.3, 0.4) is 0 Å². The smallest absolute Gasteiger partial charge is 0.485 e. The zero-order valence-corrected chi connectivity index (χ0v) is 72.7. The Hall–Kier alpha value is -9.16. The first kappa shape index (κ1) is 101. The van der Waals surface area contributed by atoms with Crippen LogP contribution in [0.4, 0.5) is 52.7 Å². The highest BCUT2D eigenvalue weighted by atomic mass is 32.2. The van der Waals surface area contributed by atoms with Gasteiger partial charge in [-0.2, -0.15) is 52.7 Å². The predicted octanol–water partition coefficient (Wildman–Crippen LogP) is 23.1. The highest BCUT2D eigenvalue weighted by Crippen LogP contribution is 2.39. The van der Waals surface area contributed by atoms with Crippen LogP contribution in [-0.2, 0) is 89.5 Å².